The molecular formula is C13H15BrN2. The zero-order chi connectivity index (χ0) is 10.5. The number of aromatic nitrogens is 2. The van der Waals surface area contributed by atoms with Crippen molar-refractivity contribution in [1.82, 2.24) is 4.98 Å². The molecule has 0 radical (unpaired) electrons. The highest BCUT2D eigenvalue weighted by Crippen LogP contribution is 2.15. The molecule has 0 aromatic carbocycles. The van der Waals surface area contributed by atoms with Crippen LogP contribution in [0.1, 0.15) is 13.3 Å². The third-order valence-corrected chi connectivity index (χ3v) is 2.39. The molecule has 0 atom stereocenters. The maximum Gasteiger partial charge on any atom is 0.169 e. The monoisotopic (exact) mass is 278 g/mol. The van der Waals surface area contributed by atoms with Crippen LogP contribution in [0.25, 0.3) is 11.1 Å². The maximum absolute atomic E-state index is 4.01. The molecule has 0 aliphatic carbocycles. The SMILES string of the molecule is CCC[n+]1ccc(-c2ccncc2)cc1.[Br-]. The highest BCUT2D eigenvalue weighted by molar-refractivity contribution is 5.61. The zero-order valence-electron chi connectivity index (χ0n) is 9.31. The van der Waals surface area contributed by atoms with E-state index in [1.165, 1.54) is 17.5 Å². The van der Waals surface area contributed by atoms with Gasteiger partial charge in [0.05, 0.1) is 0 Å². The summed E-state index contributed by atoms with van der Waals surface area (Å²) in [6, 6.07) is 8.34. The van der Waals surface area contributed by atoms with Crippen LogP contribution < -0.4 is 21.5 Å². The smallest absolute Gasteiger partial charge is 0.169 e. The molecule has 0 spiro atoms. The molecule has 0 unspecified atom stereocenters. The summed E-state index contributed by atoms with van der Waals surface area (Å²) >= 11 is 0. The molecule has 2 heterocycles. The van der Waals surface area contributed by atoms with E-state index >= 15 is 0 Å². The van der Waals surface area contributed by atoms with Crippen LogP contribution in [0.5, 0.6) is 0 Å². The van der Waals surface area contributed by atoms with Crippen molar-refractivity contribution in [2.45, 2.75) is 19.9 Å². The molecule has 0 aliphatic rings. The van der Waals surface area contributed by atoms with Gasteiger partial charge >= 0.3 is 0 Å². The van der Waals surface area contributed by atoms with Crippen LogP contribution in [0, 0.1) is 0 Å². The van der Waals surface area contributed by atoms with Gasteiger partial charge in [-0.05, 0) is 23.3 Å². The first-order valence-corrected chi connectivity index (χ1v) is 5.29. The van der Waals surface area contributed by atoms with Crippen molar-refractivity contribution in [3.8, 4) is 11.1 Å². The van der Waals surface area contributed by atoms with Crippen LogP contribution in [0.2, 0.25) is 0 Å². The van der Waals surface area contributed by atoms with E-state index in [1.54, 1.807) is 0 Å². The number of aryl methyl sites for hydroxylation is 1. The second-order valence-electron chi connectivity index (χ2n) is 3.56. The van der Waals surface area contributed by atoms with Crippen LogP contribution in [0.4, 0.5) is 0 Å². The first kappa shape index (κ1) is 12.8. The number of nitrogens with zero attached hydrogens (tertiary/aromatic N) is 2. The molecule has 0 fully saturated rings. The predicted octanol–water partition coefficient (Wildman–Crippen LogP) is -0.550. The van der Waals surface area contributed by atoms with Gasteiger partial charge in [0.2, 0.25) is 0 Å². The van der Waals surface area contributed by atoms with E-state index in [-0.39, 0.29) is 17.0 Å². The molecule has 0 N–H and O–H groups in total. The lowest BCUT2D eigenvalue weighted by molar-refractivity contribution is -0.696. The Labute approximate surface area is 107 Å². The zero-order valence-corrected chi connectivity index (χ0v) is 10.9. The van der Waals surface area contributed by atoms with Crippen molar-refractivity contribution in [3.05, 3.63) is 49.1 Å². The fourth-order valence-electron chi connectivity index (χ4n) is 1.60. The Hall–Kier alpha value is -1.22. The topological polar surface area (TPSA) is 16.8 Å². The molecular weight excluding hydrogens is 264 g/mol. The summed E-state index contributed by atoms with van der Waals surface area (Å²) in [5, 5.41) is 0. The Morgan fingerprint density at radius 3 is 2.12 bits per heavy atom. The number of hydrogen-bond acceptors (Lipinski definition) is 1. The third kappa shape index (κ3) is 3.14. The van der Waals surface area contributed by atoms with E-state index in [4.69, 9.17) is 0 Å². The Morgan fingerprint density at radius 1 is 1.00 bits per heavy atom. The van der Waals surface area contributed by atoms with Gasteiger partial charge in [0.25, 0.3) is 0 Å². The average Bonchev–Trinajstić information content (AvgIpc) is 2.32. The van der Waals surface area contributed by atoms with Gasteiger partial charge in [0.1, 0.15) is 6.54 Å². The summed E-state index contributed by atoms with van der Waals surface area (Å²) in [6.45, 7) is 3.26. The average molecular weight is 279 g/mol. The normalized spacial score (nSPS) is 9.56. The molecule has 0 bridgehead atoms. The Morgan fingerprint density at radius 2 is 1.56 bits per heavy atom. The van der Waals surface area contributed by atoms with Crippen molar-refractivity contribution in [2.24, 2.45) is 0 Å². The van der Waals surface area contributed by atoms with Crippen LogP contribution in [-0.4, -0.2) is 4.98 Å². The fourth-order valence-corrected chi connectivity index (χ4v) is 1.60. The molecule has 16 heavy (non-hydrogen) atoms. The molecule has 3 heteroatoms. The quantitative estimate of drug-likeness (QED) is 0.689. The van der Waals surface area contributed by atoms with E-state index in [2.05, 4.69) is 41.0 Å². The van der Waals surface area contributed by atoms with Gasteiger partial charge in [-0.2, -0.15) is 0 Å². The Kier molecular flexibility index (Phi) is 5.12. The summed E-state index contributed by atoms with van der Waals surface area (Å²) in [5.41, 5.74) is 2.46. The summed E-state index contributed by atoms with van der Waals surface area (Å²) in [4.78, 5) is 4.01. The van der Waals surface area contributed by atoms with Gasteiger partial charge in [0, 0.05) is 30.9 Å². The maximum atomic E-state index is 4.01. The molecule has 2 rings (SSSR count). The molecule has 84 valence electrons. The molecule has 2 aromatic heterocycles. The second kappa shape index (κ2) is 6.38. The van der Waals surface area contributed by atoms with E-state index in [1.807, 2.05) is 24.5 Å². The lowest BCUT2D eigenvalue weighted by Crippen LogP contribution is -3.00. The second-order valence-corrected chi connectivity index (χ2v) is 3.56. The van der Waals surface area contributed by atoms with Crippen molar-refractivity contribution >= 4 is 0 Å². The van der Waals surface area contributed by atoms with Gasteiger partial charge < -0.3 is 17.0 Å². The van der Waals surface area contributed by atoms with Crippen LogP contribution in [0.15, 0.2) is 49.1 Å². The van der Waals surface area contributed by atoms with Crippen molar-refractivity contribution in [2.75, 3.05) is 0 Å². The van der Waals surface area contributed by atoms with Crippen LogP contribution in [0.3, 0.4) is 0 Å². The first-order chi connectivity index (χ1) is 7.40. The molecule has 2 aromatic rings. The molecule has 0 saturated carbocycles. The van der Waals surface area contributed by atoms with Gasteiger partial charge in [-0.3, -0.25) is 4.98 Å². The highest BCUT2D eigenvalue weighted by atomic mass is 79.9. The summed E-state index contributed by atoms with van der Waals surface area (Å²) in [7, 11) is 0. The van der Waals surface area contributed by atoms with Crippen molar-refractivity contribution < 1.29 is 21.5 Å². The van der Waals surface area contributed by atoms with E-state index in [0.717, 1.165) is 6.54 Å². The lowest BCUT2D eigenvalue weighted by Gasteiger charge is -1.99. The van der Waals surface area contributed by atoms with Gasteiger partial charge in [-0.15, -0.1) is 0 Å². The Bertz CT molecular complexity index is 412. The fraction of sp³-hybridized carbons (Fsp3) is 0.231. The first-order valence-electron chi connectivity index (χ1n) is 5.29. The summed E-state index contributed by atoms with van der Waals surface area (Å²) < 4.78 is 2.20. The minimum absolute atomic E-state index is 0. The van der Waals surface area contributed by atoms with E-state index in [0.29, 0.717) is 0 Å². The van der Waals surface area contributed by atoms with E-state index < -0.39 is 0 Å². The largest absolute Gasteiger partial charge is 1.00 e. The van der Waals surface area contributed by atoms with E-state index in [9.17, 15) is 0 Å². The minimum Gasteiger partial charge on any atom is -1.00 e. The van der Waals surface area contributed by atoms with Crippen molar-refractivity contribution in [1.29, 1.82) is 0 Å². The Balaban J connectivity index is 0.00000128. The minimum atomic E-state index is 0. The van der Waals surface area contributed by atoms with Gasteiger partial charge in [0.15, 0.2) is 12.4 Å². The summed E-state index contributed by atoms with van der Waals surface area (Å²) in [6.07, 6.45) is 9.06. The molecule has 0 amide bonds. The number of rotatable bonds is 3. The van der Waals surface area contributed by atoms with Crippen LogP contribution in [-0.2, 0) is 6.54 Å². The molecule has 2 nitrogen and oxygen atoms in total. The number of hydrogen-bond donors (Lipinski definition) is 0. The van der Waals surface area contributed by atoms with Gasteiger partial charge in [-0.1, -0.05) is 6.92 Å². The van der Waals surface area contributed by atoms with Crippen LogP contribution >= 0.6 is 0 Å². The number of pyridine rings is 2. The molecule has 0 aliphatic heterocycles. The summed E-state index contributed by atoms with van der Waals surface area (Å²) in [5.74, 6) is 0. The van der Waals surface area contributed by atoms with Crippen molar-refractivity contribution in [3.63, 3.8) is 0 Å². The van der Waals surface area contributed by atoms with Gasteiger partial charge in [-0.25, -0.2) is 4.57 Å². The third-order valence-electron chi connectivity index (χ3n) is 2.39. The highest BCUT2D eigenvalue weighted by Gasteiger charge is 2.00. The number of halogens is 1. The lowest BCUT2D eigenvalue weighted by atomic mass is 10.1. The predicted molar refractivity (Wildman–Crippen MR) is 60.2 cm³/mol. The standard InChI is InChI=1S/C13H15N2.BrH/c1-2-9-15-10-5-13(6-11-15)12-3-7-14-8-4-12;/h3-8,10-11H,2,9H2,1H3;1H/q+1;/p-1. The molecule has 0 saturated heterocycles.